The van der Waals surface area contributed by atoms with Gasteiger partial charge in [-0.15, -0.1) is 5.73 Å². The Morgan fingerprint density at radius 1 is 1.14 bits per heavy atom. The molecule has 1 saturated carbocycles. The van der Waals surface area contributed by atoms with Gasteiger partial charge >= 0.3 is 0 Å². The zero-order valence-electron chi connectivity index (χ0n) is 13.3. The van der Waals surface area contributed by atoms with Crippen LogP contribution >= 0.6 is 0 Å². The van der Waals surface area contributed by atoms with E-state index >= 15 is 0 Å². The maximum Gasteiger partial charge on any atom is 0.240 e. The van der Waals surface area contributed by atoms with Crippen LogP contribution < -0.4 is 4.72 Å². The maximum atomic E-state index is 12.1. The molecule has 4 heteroatoms. The lowest BCUT2D eigenvalue weighted by Gasteiger charge is -2.10. The number of unbranched alkanes of at least 4 members (excludes halogenated alkanes) is 1. The lowest BCUT2D eigenvalue weighted by atomic mass is 9.95. The number of rotatable bonds is 6. The van der Waals surface area contributed by atoms with E-state index in [2.05, 4.69) is 16.5 Å². The smallest absolute Gasteiger partial charge is 0.211 e. The van der Waals surface area contributed by atoms with E-state index in [1.54, 1.807) is 12.1 Å². The molecular formula is C18H25NO2S. The topological polar surface area (TPSA) is 46.2 Å². The fourth-order valence-electron chi connectivity index (χ4n) is 2.55. The van der Waals surface area contributed by atoms with Crippen LogP contribution in [0.1, 0.15) is 50.5 Å². The summed E-state index contributed by atoms with van der Waals surface area (Å²) in [5, 5.41) is 0. The first-order valence-corrected chi connectivity index (χ1v) is 9.55. The zero-order valence-corrected chi connectivity index (χ0v) is 14.1. The van der Waals surface area contributed by atoms with Crippen molar-refractivity contribution in [3.8, 4) is 0 Å². The molecule has 1 aliphatic carbocycles. The lowest BCUT2D eigenvalue weighted by Crippen LogP contribution is -2.24. The first kappa shape index (κ1) is 17.0. The summed E-state index contributed by atoms with van der Waals surface area (Å²) in [5.74, 6) is 0. The molecule has 2 rings (SSSR count). The van der Waals surface area contributed by atoms with E-state index in [1.807, 2.05) is 19.1 Å². The van der Waals surface area contributed by atoms with Crippen LogP contribution in [0.5, 0.6) is 0 Å². The number of allylic oxidation sites excluding steroid dienone is 1. The summed E-state index contributed by atoms with van der Waals surface area (Å²) in [6, 6.07) is 6.91. The monoisotopic (exact) mass is 319 g/mol. The molecule has 1 aromatic rings. The molecule has 120 valence electrons. The Kier molecular flexibility index (Phi) is 6.44. The van der Waals surface area contributed by atoms with E-state index in [-0.39, 0.29) is 0 Å². The van der Waals surface area contributed by atoms with Crippen LogP contribution in [0, 0.1) is 6.92 Å². The molecule has 3 nitrogen and oxygen atoms in total. The van der Waals surface area contributed by atoms with Crippen molar-refractivity contribution in [1.29, 1.82) is 0 Å². The summed E-state index contributed by atoms with van der Waals surface area (Å²) in [5.41, 5.74) is 5.85. The van der Waals surface area contributed by atoms with Gasteiger partial charge in [-0.1, -0.05) is 24.1 Å². The predicted molar refractivity (Wildman–Crippen MR) is 90.3 cm³/mol. The van der Waals surface area contributed by atoms with E-state index in [9.17, 15) is 8.42 Å². The minimum atomic E-state index is -3.37. The zero-order chi connectivity index (χ0) is 15.8. The molecule has 0 atom stereocenters. The van der Waals surface area contributed by atoms with Gasteiger partial charge in [-0.3, -0.25) is 0 Å². The van der Waals surface area contributed by atoms with Crippen LogP contribution in [-0.2, 0) is 10.0 Å². The number of hydrogen-bond acceptors (Lipinski definition) is 2. The van der Waals surface area contributed by atoms with Crippen LogP contribution in [0.15, 0.2) is 46.5 Å². The van der Waals surface area contributed by atoms with Crippen molar-refractivity contribution >= 4 is 10.0 Å². The summed E-state index contributed by atoms with van der Waals surface area (Å²) in [6.07, 6.45) is 9.98. The Hall–Kier alpha value is -1.35. The number of nitrogens with one attached hydrogen (secondary N) is 1. The Morgan fingerprint density at radius 3 is 2.50 bits per heavy atom. The van der Waals surface area contributed by atoms with Gasteiger partial charge in [0.25, 0.3) is 0 Å². The van der Waals surface area contributed by atoms with Crippen molar-refractivity contribution in [1.82, 2.24) is 4.72 Å². The van der Waals surface area contributed by atoms with E-state index in [4.69, 9.17) is 0 Å². The summed E-state index contributed by atoms with van der Waals surface area (Å²) >= 11 is 0. The highest BCUT2D eigenvalue weighted by Gasteiger charge is 2.12. The molecule has 22 heavy (non-hydrogen) atoms. The van der Waals surface area contributed by atoms with Crippen molar-refractivity contribution in [3.05, 3.63) is 47.2 Å². The SMILES string of the molecule is Cc1ccc(S(=O)(=O)NCCCC=C=C2CCCCC2)cc1. The van der Waals surface area contributed by atoms with Crippen molar-refractivity contribution in [2.24, 2.45) is 0 Å². The van der Waals surface area contributed by atoms with Gasteiger partial charge in [0.1, 0.15) is 0 Å². The summed E-state index contributed by atoms with van der Waals surface area (Å²) in [7, 11) is -3.37. The van der Waals surface area contributed by atoms with Gasteiger partial charge < -0.3 is 0 Å². The number of sulfonamides is 1. The van der Waals surface area contributed by atoms with Gasteiger partial charge in [-0.05, 0) is 69.2 Å². The van der Waals surface area contributed by atoms with Crippen LogP contribution in [0.25, 0.3) is 0 Å². The molecule has 0 heterocycles. The largest absolute Gasteiger partial charge is 0.240 e. The molecule has 1 aliphatic rings. The molecule has 0 unspecified atom stereocenters. The molecule has 1 N–H and O–H groups in total. The third kappa shape index (κ3) is 5.45. The first-order valence-electron chi connectivity index (χ1n) is 8.07. The van der Waals surface area contributed by atoms with Gasteiger partial charge in [0.05, 0.1) is 4.90 Å². The third-order valence-corrected chi connectivity index (χ3v) is 5.39. The van der Waals surface area contributed by atoms with Crippen LogP contribution in [-0.4, -0.2) is 15.0 Å². The normalized spacial score (nSPS) is 15.4. The van der Waals surface area contributed by atoms with Crippen molar-refractivity contribution in [3.63, 3.8) is 0 Å². The minimum Gasteiger partial charge on any atom is -0.211 e. The van der Waals surface area contributed by atoms with Crippen molar-refractivity contribution in [2.45, 2.75) is 56.8 Å². The number of benzene rings is 1. The Labute approximate surface area is 134 Å². The Balaban J connectivity index is 1.76. The average Bonchev–Trinajstić information content (AvgIpc) is 2.52. The molecule has 0 amide bonds. The third-order valence-electron chi connectivity index (χ3n) is 3.91. The molecule has 0 spiro atoms. The lowest BCUT2D eigenvalue weighted by molar-refractivity contribution is 0.579. The fraction of sp³-hybridized carbons (Fsp3) is 0.500. The molecule has 0 bridgehead atoms. The van der Waals surface area contributed by atoms with Gasteiger partial charge in [-0.2, -0.15) is 0 Å². The van der Waals surface area contributed by atoms with E-state index in [1.165, 1.54) is 37.7 Å². The van der Waals surface area contributed by atoms with E-state index in [0.717, 1.165) is 18.4 Å². The van der Waals surface area contributed by atoms with E-state index < -0.39 is 10.0 Å². The van der Waals surface area contributed by atoms with Gasteiger partial charge in [0.15, 0.2) is 0 Å². The second-order valence-corrected chi connectivity index (χ2v) is 7.63. The standard InChI is InChI=1S/C18H25NO2S/c1-16-11-13-18(14-12-16)22(20,21)19-15-7-3-6-10-17-8-4-2-5-9-17/h6,11-14,19H,2-5,7-9,15H2,1H3. The summed E-state index contributed by atoms with van der Waals surface area (Å²) < 4.78 is 26.8. The molecule has 0 radical (unpaired) electrons. The summed E-state index contributed by atoms with van der Waals surface area (Å²) in [4.78, 5) is 0.331. The molecule has 1 aromatic carbocycles. The molecule has 1 fully saturated rings. The predicted octanol–water partition coefficient (Wildman–Crippen LogP) is 4.10. The Bertz CT molecular complexity index is 630. The molecule has 0 aromatic heterocycles. The van der Waals surface area contributed by atoms with Gasteiger partial charge in [0, 0.05) is 6.54 Å². The molecule has 0 aliphatic heterocycles. The highest BCUT2D eigenvalue weighted by molar-refractivity contribution is 7.89. The molecular weight excluding hydrogens is 294 g/mol. The van der Waals surface area contributed by atoms with E-state index in [0.29, 0.717) is 11.4 Å². The first-order chi connectivity index (χ1) is 10.6. The fourth-order valence-corrected chi connectivity index (χ4v) is 3.62. The van der Waals surface area contributed by atoms with Gasteiger partial charge in [-0.25, -0.2) is 13.1 Å². The molecule has 0 saturated heterocycles. The maximum absolute atomic E-state index is 12.1. The quantitative estimate of drug-likeness (QED) is 0.634. The van der Waals surface area contributed by atoms with Crippen LogP contribution in [0.3, 0.4) is 0 Å². The van der Waals surface area contributed by atoms with Crippen molar-refractivity contribution < 1.29 is 8.42 Å². The number of hydrogen-bond donors (Lipinski definition) is 1. The average molecular weight is 319 g/mol. The van der Waals surface area contributed by atoms with Crippen LogP contribution in [0.2, 0.25) is 0 Å². The number of aryl methyl sites for hydroxylation is 1. The van der Waals surface area contributed by atoms with Crippen molar-refractivity contribution in [2.75, 3.05) is 6.54 Å². The summed E-state index contributed by atoms with van der Waals surface area (Å²) in [6.45, 7) is 2.40. The van der Waals surface area contributed by atoms with Gasteiger partial charge in [0.2, 0.25) is 10.0 Å². The Morgan fingerprint density at radius 2 is 1.82 bits per heavy atom. The van der Waals surface area contributed by atoms with Crippen LogP contribution in [0.4, 0.5) is 0 Å². The second kappa shape index (κ2) is 8.33. The minimum absolute atomic E-state index is 0.331. The highest BCUT2D eigenvalue weighted by atomic mass is 32.2. The second-order valence-electron chi connectivity index (χ2n) is 5.87. The highest BCUT2D eigenvalue weighted by Crippen LogP contribution is 2.21.